The average molecular weight is 383 g/mol. The molecular formula is C16H17Br2N. The molecule has 0 aliphatic carbocycles. The first-order valence-corrected chi connectivity index (χ1v) is 7.89. The Morgan fingerprint density at radius 3 is 2.47 bits per heavy atom. The Bertz CT molecular complexity index is 566. The summed E-state index contributed by atoms with van der Waals surface area (Å²) < 4.78 is 2.18. The lowest BCUT2D eigenvalue weighted by molar-refractivity contribution is 0.572. The highest BCUT2D eigenvalue weighted by atomic mass is 79.9. The molecule has 0 bridgehead atoms. The standard InChI is InChI=1S/C16H17Br2N/c1-11-5-3-4-6-14(11)12(2)19-10-13-7-8-15(17)16(18)9-13/h3-9,12,19H,10H2,1-2H3/t12-/m1/s1. The molecule has 0 amide bonds. The Kier molecular flexibility index (Phi) is 5.20. The molecule has 0 unspecified atom stereocenters. The minimum Gasteiger partial charge on any atom is -0.306 e. The fraction of sp³-hybridized carbons (Fsp3) is 0.250. The zero-order chi connectivity index (χ0) is 13.8. The van der Waals surface area contributed by atoms with E-state index in [1.54, 1.807) is 0 Å². The maximum Gasteiger partial charge on any atom is 0.0320 e. The van der Waals surface area contributed by atoms with E-state index in [1.165, 1.54) is 16.7 Å². The molecule has 0 spiro atoms. The summed E-state index contributed by atoms with van der Waals surface area (Å²) in [7, 11) is 0. The smallest absolute Gasteiger partial charge is 0.0320 e. The molecule has 19 heavy (non-hydrogen) atoms. The molecule has 2 aromatic rings. The van der Waals surface area contributed by atoms with Gasteiger partial charge in [-0.25, -0.2) is 0 Å². The number of rotatable bonds is 4. The predicted octanol–water partition coefficient (Wildman–Crippen LogP) is 5.37. The van der Waals surface area contributed by atoms with E-state index in [0.717, 1.165) is 15.5 Å². The minimum atomic E-state index is 0.351. The van der Waals surface area contributed by atoms with Crippen LogP contribution < -0.4 is 5.32 Å². The van der Waals surface area contributed by atoms with Gasteiger partial charge in [-0.3, -0.25) is 0 Å². The zero-order valence-corrected chi connectivity index (χ0v) is 14.3. The van der Waals surface area contributed by atoms with Crippen molar-refractivity contribution in [1.82, 2.24) is 5.32 Å². The van der Waals surface area contributed by atoms with E-state index in [1.807, 2.05) is 0 Å². The van der Waals surface area contributed by atoms with Crippen LogP contribution in [0.25, 0.3) is 0 Å². The van der Waals surface area contributed by atoms with E-state index in [-0.39, 0.29) is 0 Å². The molecule has 0 aliphatic heterocycles. The van der Waals surface area contributed by atoms with Crippen LogP contribution in [0.1, 0.15) is 29.7 Å². The van der Waals surface area contributed by atoms with Crippen molar-refractivity contribution in [2.24, 2.45) is 0 Å². The van der Waals surface area contributed by atoms with E-state index >= 15 is 0 Å². The Hall–Kier alpha value is -0.640. The summed E-state index contributed by atoms with van der Waals surface area (Å²) in [4.78, 5) is 0. The Morgan fingerprint density at radius 2 is 1.79 bits per heavy atom. The molecule has 0 aliphatic rings. The van der Waals surface area contributed by atoms with Crippen LogP contribution in [0.5, 0.6) is 0 Å². The lowest BCUT2D eigenvalue weighted by Crippen LogP contribution is -2.18. The molecule has 2 rings (SSSR count). The van der Waals surface area contributed by atoms with Gasteiger partial charge in [-0.05, 0) is 74.5 Å². The molecule has 1 nitrogen and oxygen atoms in total. The quantitative estimate of drug-likeness (QED) is 0.749. The fourth-order valence-electron chi connectivity index (χ4n) is 2.10. The van der Waals surface area contributed by atoms with Crippen LogP contribution in [0, 0.1) is 6.92 Å². The van der Waals surface area contributed by atoms with Gasteiger partial charge in [0, 0.05) is 21.5 Å². The van der Waals surface area contributed by atoms with Gasteiger partial charge in [0.25, 0.3) is 0 Å². The van der Waals surface area contributed by atoms with Gasteiger partial charge in [-0.1, -0.05) is 30.3 Å². The lowest BCUT2D eigenvalue weighted by atomic mass is 10.0. The Morgan fingerprint density at radius 1 is 1.05 bits per heavy atom. The van der Waals surface area contributed by atoms with Gasteiger partial charge < -0.3 is 5.32 Å². The summed E-state index contributed by atoms with van der Waals surface area (Å²) in [6.45, 7) is 5.22. The first-order chi connectivity index (χ1) is 9.08. The van der Waals surface area contributed by atoms with Crippen molar-refractivity contribution in [3.63, 3.8) is 0 Å². The molecule has 0 saturated heterocycles. The van der Waals surface area contributed by atoms with Crippen LogP contribution in [0.4, 0.5) is 0 Å². The second-order valence-electron chi connectivity index (χ2n) is 4.71. The van der Waals surface area contributed by atoms with Crippen LogP contribution in [0.15, 0.2) is 51.4 Å². The van der Waals surface area contributed by atoms with E-state index in [9.17, 15) is 0 Å². The normalized spacial score (nSPS) is 12.4. The zero-order valence-electron chi connectivity index (χ0n) is 11.1. The summed E-state index contributed by atoms with van der Waals surface area (Å²) in [5, 5.41) is 3.57. The van der Waals surface area contributed by atoms with Crippen molar-refractivity contribution in [2.75, 3.05) is 0 Å². The summed E-state index contributed by atoms with van der Waals surface area (Å²) >= 11 is 7.02. The highest BCUT2D eigenvalue weighted by Gasteiger charge is 2.07. The predicted molar refractivity (Wildman–Crippen MR) is 88.3 cm³/mol. The molecule has 0 fully saturated rings. The molecule has 3 heteroatoms. The fourth-order valence-corrected chi connectivity index (χ4v) is 2.78. The van der Waals surface area contributed by atoms with Gasteiger partial charge in [0.15, 0.2) is 0 Å². The third kappa shape index (κ3) is 3.91. The summed E-state index contributed by atoms with van der Waals surface area (Å²) in [6, 6.07) is 15.2. The third-order valence-corrected chi connectivity index (χ3v) is 5.13. The van der Waals surface area contributed by atoms with Crippen molar-refractivity contribution in [2.45, 2.75) is 26.4 Å². The summed E-state index contributed by atoms with van der Waals surface area (Å²) in [5.74, 6) is 0. The van der Waals surface area contributed by atoms with Gasteiger partial charge in [0.1, 0.15) is 0 Å². The van der Waals surface area contributed by atoms with E-state index < -0.39 is 0 Å². The largest absolute Gasteiger partial charge is 0.306 e. The number of hydrogen-bond donors (Lipinski definition) is 1. The second-order valence-corrected chi connectivity index (χ2v) is 6.42. The molecule has 0 saturated carbocycles. The molecule has 100 valence electrons. The molecule has 0 aromatic heterocycles. The van der Waals surface area contributed by atoms with Gasteiger partial charge in [-0.15, -0.1) is 0 Å². The topological polar surface area (TPSA) is 12.0 Å². The molecule has 1 N–H and O–H groups in total. The Labute approximate surface area is 131 Å². The highest BCUT2D eigenvalue weighted by molar-refractivity contribution is 9.13. The van der Waals surface area contributed by atoms with Crippen molar-refractivity contribution in [3.8, 4) is 0 Å². The second kappa shape index (κ2) is 6.69. The van der Waals surface area contributed by atoms with Gasteiger partial charge in [0.2, 0.25) is 0 Å². The van der Waals surface area contributed by atoms with Crippen LogP contribution >= 0.6 is 31.9 Å². The minimum absolute atomic E-state index is 0.351. The van der Waals surface area contributed by atoms with Crippen molar-refractivity contribution in [1.29, 1.82) is 0 Å². The van der Waals surface area contributed by atoms with Gasteiger partial charge in [-0.2, -0.15) is 0 Å². The summed E-state index contributed by atoms with van der Waals surface area (Å²) in [6.07, 6.45) is 0. The van der Waals surface area contributed by atoms with E-state index in [4.69, 9.17) is 0 Å². The van der Waals surface area contributed by atoms with Crippen molar-refractivity contribution < 1.29 is 0 Å². The van der Waals surface area contributed by atoms with Crippen LogP contribution in [0.3, 0.4) is 0 Å². The van der Waals surface area contributed by atoms with E-state index in [0.29, 0.717) is 6.04 Å². The highest BCUT2D eigenvalue weighted by Crippen LogP contribution is 2.24. The van der Waals surface area contributed by atoms with Gasteiger partial charge >= 0.3 is 0 Å². The van der Waals surface area contributed by atoms with E-state index in [2.05, 4.69) is 93.5 Å². The number of halogens is 2. The van der Waals surface area contributed by atoms with Crippen molar-refractivity contribution >= 4 is 31.9 Å². The number of aryl methyl sites for hydroxylation is 1. The Balaban J connectivity index is 2.02. The molecule has 2 aromatic carbocycles. The number of nitrogens with one attached hydrogen (secondary N) is 1. The van der Waals surface area contributed by atoms with Crippen LogP contribution in [0.2, 0.25) is 0 Å². The third-order valence-electron chi connectivity index (χ3n) is 3.25. The average Bonchev–Trinajstić information content (AvgIpc) is 2.40. The molecular weight excluding hydrogens is 366 g/mol. The van der Waals surface area contributed by atoms with Crippen LogP contribution in [-0.4, -0.2) is 0 Å². The first-order valence-electron chi connectivity index (χ1n) is 6.31. The SMILES string of the molecule is Cc1ccccc1[C@@H](C)NCc1ccc(Br)c(Br)c1. The maximum atomic E-state index is 3.57. The number of benzene rings is 2. The monoisotopic (exact) mass is 381 g/mol. The molecule has 0 radical (unpaired) electrons. The lowest BCUT2D eigenvalue weighted by Gasteiger charge is -2.16. The van der Waals surface area contributed by atoms with Crippen LogP contribution in [-0.2, 0) is 6.54 Å². The first kappa shape index (κ1) is 14.8. The molecule has 1 atom stereocenters. The molecule has 0 heterocycles. The van der Waals surface area contributed by atoms with Gasteiger partial charge in [0.05, 0.1) is 0 Å². The number of hydrogen-bond acceptors (Lipinski definition) is 1. The summed E-state index contributed by atoms with van der Waals surface area (Å²) in [5.41, 5.74) is 3.97. The maximum absolute atomic E-state index is 3.57. The van der Waals surface area contributed by atoms with Crippen molar-refractivity contribution in [3.05, 3.63) is 68.1 Å².